The number of benzene rings is 2. The molecule has 0 spiro atoms. The minimum atomic E-state index is -3.27. The number of sulfone groups is 1. The van der Waals surface area contributed by atoms with Crippen LogP contribution < -0.4 is 9.47 Å². The maximum atomic E-state index is 12.3. The van der Waals surface area contributed by atoms with Crippen molar-refractivity contribution >= 4 is 9.84 Å². The Morgan fingerprint density at radius 1 is 1.00 bits per heavy atom. The fourth-order valence-corrected chi connectivity index (χ4v) is 3.73. The number of hydrogen-bond donors (Lipinski definition) is 0. The van der Waals surface area contributed by atoms with Gasteiger partial charge in [-0.1, -0.05) is 24.3 Å². The maximum Gasteiger partial charge on any atom is 0.179 e. The van der Waals surface area contributed by atoms with E-state index in [2.05, 4.69) is 0 Å². The van der Waals surface area contributed by atoms with Gasteiger partial charge < -0.3 is 14.4 Å². The lowest BCUT2D eigenvalue weighted by Crippen LogP contribution is -2.25. The molecule has 130 valence electrons. The molecule has 0 aliphatic heterocycles. The highest BCUT2D eigenvalue weighted by Crippen LogP contribution is 2.25. The lowest BCUT2D eigenvalue weighted by atomic mass is 10.2. The molecule has 0 aromatic heterocycles. The van der Waals surface area contributed by atoms with Crippen LogP contribution in [0.15, 0.2) is 53.4 Å². The Labute approximate surface area is 143 Å². The Kier molecular flexibility index (Phi) is 6.23. The van der Waals surface area contributed by atoms with Crippen LogP contribution in [0.4, 0.5) is 0 Å². The van der Waals surface area contributed by atoms with Crippen LogP contribution >= 0.6 is 0 Å². The van der Waals surface area contributed by atoms with Gasteiger partial charge in [0.2, 0.25) is 0 Å². The molecule has 0 N–H and O–H groups in total. The van der Waals surface area contributed by atoms with Gasteiger partial charge in [-0.25, -0.2) is 8.42 Å². The zero-order valence-corrected chi connectivity index (χ0v) is 15.0. The van der Waals surface area contributed by atoms with Gasteiger partial charge in [0.15, 0.2) is 9.84 Å². The lowest BCUT2D eigenvalue weighted by molar-refractivity contribution is 0.332. The molecule has 2 aromatic rings. The number of ether oxygens (including phenoxy) is 2. The molecule has 0 heterocycles. The highest BCUT2D eigenvalue weighted by molar-refractivity contribution is 7.91. The highest BCUT2D eigenvalue weighted by Gasteiger charge is 2.15. The van der Waals surface area contributed by atoms with Gasteiger partial charge in [0, 0.05) is 24.7 Å². The predicted molar refractivity (Wildman–Crippen MR) is 94.4 cm³/mol. The third-order valence-electron chi connectivity index (χ3n) is 3.78. The Morgan fingerprint density at radius 2 is 1.71 bits per heavy atom. The molecule has 6 heteroatoms. The molecule has 0 atom stereocenters. The second-order valence-electron chi connectivity index (χ2n) is 5.55. The van der Waals surface area contributed by atoms with Crippen molar-refractivity contribution in [1.29, 1.82) is 0 Å². The van der Waals surface area contributed by atoms with Crippen LogP contribution in [0.3, 0.4) is 0 Å². The molecule has 0 unspecified atom stereocenters. The van der Waals surface area contributed by atoms with E-state index in [1.807, 2.05) is 30.1 Å². The van der Waals surface area contributed by atoms with Crippen molar-refractivity contribution in [2.45, 2.75) is 11.4 Å². The Morgan fingerprint density at radius 3 is 2.33 bits per heavy atom. The number of rotatable bonds is 8. The molecule has 5 nitrogen and oxygen atoms in total. The molecule has 2 rings (SSSR count). The first-order valence-corrected chi connectivity index (χ1v) is 9.29. The van der Waals surface area contributed by atoms with Crippen molar-refractivity contribution in [3.63, 3.8) is 0 Å². The van der Waals surface area contributed by atoms with Crippen LogP contribution in [0.2, 0.25) is 0 Å². The summed E-state index contributed by atoms with van der Waals surface area (Å²) in [5.41, 5.74) is 0.984. The standard InChI is InChI=1S/C18H23NO4S/c1-19(11-12-24(20,21)17-7-5-4-6-8-17)14-15-9-10-16(22-2)13-18(15)23-3/h4-10,13H,11-12,14H2,1-3H3. The van der Waals surface area contributed by atoms with Crippen molar-refractivity contribution < 1.29 is 17.9 Å². The smallest absolute Gasteiger partial charge is 0.179 e. The minimum absolute atomic E-state index is 0.0754. The molecular weight excluding hydrogens is 326 g/mol. The first-order valence-electron chi connectivity index (χ1n) is 7.63. The van der Waals surface area contributed by atoms with Gasteiger partial charge in [-0.2, -0.15) is 0 Å². The second kappa shape index (κ2) is 8.17. The van der Waals surface area contributed by atoms with E-state index in [1.54, 1.807) is 44.6 Å². The number of nitrogens with zero attached hydrogens (tertiary/aromatic N) is 1. The molecule has 0 bridgehead atoms. The van der Waals surface area contributed by atoms with Gasteiger partial charge in [-0.05, 0) is 25.2 Å². The van der Waals surface area contributed by atoms with Crippen molar-refractivity contribution in [2.75, 3.05) is 33.6 Å². The quantitative estimate of drug-likeness (QED) is 0.733. The molecule has 0 radical (unpaired) electrons. The summed E-state index contributed by atoms with van der Waals surface area (Å²) >= 11 is 0. The van der Waals surface area contributed by atoms with E-state index in [1.165, 1.54) is 0 Å². The van der Waals surface area contributed by atoms with E-state index in [0.29, 0.717) is 18.0 Å². The monoisotopic (exact) mass is 349 g/mol. The summed E-state index contributed by atoms with van der Waals surface area (Å²) in [4.78, 5) is 2.32. The molecule has 0 saturated carbocycles. The topological polar surface area (TPSA) is 55.8 Å². The third-order valence-corrected chi connectivity index (χ3v) is 5.49. The second-order valence-corrected chi connectivity index (χ2v) is 7.66. The van der Waals surface area contributed by atoms with Crippen LogP contribution in [-0.2, 0) is 16.4 Å². The maximum absolute atomic E-state index is 12.3. The molecule has 0 amide bonds. The zero-order chi connectivity index (χ0) is 17.6. The molecule has 24 heavy (non-hydrogen) atoms. The summed E-state index contributed by atoms with van der Waals surface area (Å²) in [5.74, 6) is 1.53. The summed E-state index contributed by atoms with van der Waals surface area (Å²) in [6.07, 6.45) is 0. The first kappa shape index (κ1) is 18.3. The molecule has 0 fully saturated rings. The zero-order valence-electron chi connectivity index (χ0n) is 14.2. The summed E-state index contributed by atoms with van der Waals surface area (Å²) in [5, 5.41) is 0. The van der Waals surface area contributed by atoms with Crippen molar-refractivity contribution in [2.24, 2.45) is 0 Å². The summed E-state index contributed by atoms with van der Waals surface area (Å²) < 4.78 is 35.2. The van der Waals surface area contributed by atoms with Gasteiger partial charge in [0.05, 0.1) is 24.9 Å². The van der Waals surface area contributed by atoms with E-state index in [0.717, 1.165) is 17.1 Å². The Bertz CT molecular complexity index is 760. The predicted octanol–water partition coefficient (Wildman–Crippen LogP) is 2.61. The van der Waals surface area contributed by atoms with Gasteiger partial charge in [-0.3, -0.25) is 0 Å². The molecule has 0 aliphatic carbocycles. The lowest BCUT2D eigenvalue weighted by Gasteiger charge is -2.19. The average molecular weight is 349 g/mol. The van der Waals surface area contributed by atoms with E-state index in [-0.39, 0.29) is 5.75 Å². The molecule has 2 aromatic carbocycles. The van der Waals surface area contributed by atoms with Crippen LogP contribution in [0, 0.1) is 0 Å². The summed E-state index contributed by atoms with van der Waals surface area (Å²) in [6.45, 7) is 1.03. The van der Waals surface area contributed by atoms with Crippen LogP contribution in [-0.4, -0.2) is 46.9 Å². The van der Waals surface area contributed by atoms with E-state index in [4.69, 9.17) is 9.47 Å². The number of hydrogen-bond acceptors (Lipinski definition) is 5. The highest BCUT2D eigenvalue weighted by atomic mass is 32.2. The van der Waals surface area contributed by atoms with Gasteiger partial charge in [0.1, 0.15) is 11.5 Å². The largest absolute Gasteiger partial charge is 0.497 e. The van der Waals surface area contributed by atoms with Crippen LogP contribution in [0.1, 0.15) is 5.56 Å². The van der Waals surface area contributed by atoms with Gasteiger partial charge in [-0.15, -0.1) is 0 Å². The average Bonchev–Trinajstić information content (AvgIpc) is 2.61. The minimum Gasteiger partial charge on any atom is -0.497 e. The Hall–Kier alpha value is -2.05. The van der Waals surface area contributed by atoms with E-state index >= 15 is 0 Å². The van der Waals surface area contributed by atoms with Crippen LogP contribution in [0.25, 0.3) is 0 Å². The van der Waals surface area contributed by atoms with Crippen molar-refractivity contribution in [3.05, 3.63) is 54.1 Å². The number of methoxy groups -OCH3 is 2. The fraction of sp³-hybridized carbons (Fsp3) is 0.333. The Balaban J connectivity index is 2.00. The molecule has 0 aliphatic rings. The van der Waals surface area contributed by atoms with Gasteiger partial charge in [0.25, 0.3) is 0 Å². The first-order chi connectivity index (χ1) is 11.5. The van der Waals surface area contributed by atoms with E-state index in [9.17, 15) is 8.42 Å². The molecule has 0 saturated heterocycles. The fourth-order valence-electron chi connectivity index (χ4n) is 2.37. The van der Waals surface area contributed by atoms with E-state index < -0.39 is 9.84 Å². The van der Waals surface area contributed by atoms with Crippen LogP contribution in [0.5, 0.6) is 11.5 Å². The summed E-state index contributed by atoms with van der Waals surface area (Å²) in [6, 6.07) is 14.2. The SMILES string of the molecule is COc1ccc(CN(C)CCS(=O)(=O)c2ccccc2)c(OC)c1. The normalized spacial score (nSPS) is 11.5. The van der Waals surface area contributed by atoms with Crippen molar-refractivity contribution in [1.82, 2.24) is 4.90 Å². The third kappa shape index (κ3) is 4.72. The van der Waals surface area contributed by atoms with Gasteiger partial charge >= 0.3 is 0 Å². The summed E-state index contributed by atoms with van der Waals surface area (Å²) in [7, 11) is 1.84. The van der Waals surface area contributed by atoms with Crippen molar-refractivity contribution in [3.8, 4) is 11.5 Å². The molecular formula is C18H23NO4S.